The van der Waals surface area contributed by atoms with Gasteiger partial charge in [-0.2, -0.15) is 13.2 Å². The molecule has 3 rings (SSSR count). The topological polar surface area (TPSA) is 89.8 Å². The molecule has 1 fully saturated rings. The van der Waals surface area contributed by atoms with E-state index in [0.717, 1.165) is 31.7 Å². The van der Waals surface area contributed by atoms with Gasteiger partial charge in [0.05, 0.1) is 16.7 Å². The van der Waals surface area contributed by atoms with Crippen LogP contribution < -0.4 is 11.1 Å². The lowest BCUT2D eigenvalue weighted by atomic mass is 10.2. The van der Waals surface area contributed by atoms with E-state index in [1.54, 1.807) is 0 Å². The molecule has 0 spiro atoms. The van der Waals surface area contributed by atoms with E-state index in [4.69, 9.17) is 22.1 Å². The van der Waals surface area contributed by atoms with Gasteiger partial charge in [-0.3, -0.25) is 4.40 Å². The largest absolute Gasteiger partial charge is 0.417 e. The van der Waals surface area contributed by atoms with Gasteiger partial charge in [-0.25, -0.2) is 4.99 Å². The second-order valence-electron chi connectivity index (χ2n) is 5.60. The molecule has 0 saturated carbocycles. The Morgan fingerprint density at radius 3 is 2.96 bits per heavy atom. The highest BCUT2D eigenvalue weighted by atomic mass is 35.5. The third-order valence-electron chi connectivity index (χ3n) is 3.78. The Kier molecular flexibility index (Phi) is 5.00. The number of nitrogens with one attached hydrogen (secondary N) is 1. The molecule has 2 aromatic heterocycles. The molecule has 25 heavy (non-hydrogen) atoms. The average molecular weight is 377 g/mol. The minimum Gasteiger partial charge on any atom is -0.376 e. The molecule has 0 amide bonds. The molecule has 1 atom stereocenters. The molecule has 3 N–H and O–H groups in total. The van der Waals surface area contributed by atoms with Crippen LogP contribution in [0, 0.1) is 0 Å². The van der Waals surface area contributed by atoms with Crippen molar-refractivity contribution in [2.24, 2.45) is 10.7 Å². The van der Waals surface area contributed by atoms with Crippen molar-refractivity contribution in [2.45, 2.75) is 31.7 Å². The van der Waals surface area contributed by atoms with Gasteiger partial charge in [-0.05, 0) is 18.9 Å². The number of aliphatic imine (C=N–C) groups is 1. The van der Waals surface area contributed by atoms with Crippen molar-refractivity contribution in [1.82, 2.24) is 19.9 Å². The Balaban J connectivity index is 1.74. The van der Waals surface area contributed by atoms with Crippen molar-refractivity contribution in [3.63, 3.8) is 0 Å². The van der Waals surface area contributed by atoms with Crippen molar-refractivity contribution >= 4 is 23.2 Å². The maximum atomic E-state index is 12.9. The standard InChI is InChI=1S/C14H16ClF3N6O/c15-10-4-8(14(16,17)18)7-24-11(22-23-12(10)24)6-21-13(19)20-5-9-2-1-3-25-9/h4,7,9H,1-3,5-6H2,(H3,19,20,21). The minimum absolute atomic E-state index is 0.0385. The molecule has 0 radical (unpaired) electrons. The number of alkyl halides is 3. The molecule has 11 heteroatoms. The number of rotatable bonds is 4. The second-order valence-corrected chi connectivity index (χ2v) is 6.01. The first-order valence-electron chi connectivity index (χ1n) is 7.60. The van der Waals surface area contributed by atoms with Gasteiger partial charge in [0.15, 0.2) is 17.4 Å². The van der Waals surface area contributed by atoms with E-state index < -0.39 is 11.7 Å². The molecule has 136 valence electrons. The van der Waals surface area contributed by atoms with Gasteiger partial charge in [0.25, 0.3) is 0 Å². The number of hydrogen-bond acceptors (Lipinski definition) is 4. The fraction of sp³-hybridized carbons (Fsp3) is 0.500. The normalized spacial score (nSPS) is 18.9. The maximum absolute atomic E-state index is 12.9. The van der Waals surface area contributed by atoms with Crippen molar-refractivity contribution in [3.8, 4) is 0 Å². The summed E-state index contributed by atoms with van der Waals surface area (Å²) in [5, 5.41) is 10.4. The van der Waals surface area contributed by atoms with Crippen LogP contribution in [0.1, 0.15) is 24.2 Å². The van der Waals surface area contributed by atoms with Crippen LogP contribution in [0.4, 0.5) is 13.2 Å². The monoisotopic (exact) mass is 376 g/mol. The maximum Gasteiger partial charge on any atom is 0.417 e. The number of hydrogen-bond donors (Lipinski definition) is 2. The van der Waals surface area contributed by atoms with Crippen molar-refractivity contribution in [3.05, 3.63) is 28.7 Å². The van der Waals surface area contributed by atoms with Crippen LogP contribution in [0.5, 0.6) is 0 Å². The Morgan fingerprint density at radius 2 is 2.28 bits per heavy atom. The zero-order chi connectivity index (χ0) is 18.0. The molecular weight excluding hydrogens is 361 g/mol. The molecule has 0 aliphatic carbocycles. The molecule has 3 heterocycles. The summed E-state index contributed by atoms with van der Waals surface area (Å²) >= 11 is 5.86. The lowest BCUT2D eigenvalue weighted by Gasteiger charge is -2.11. The van der Waals surface area contributed by atoms with Gasteiger partial charge in [-0.1, -0.05) is 11.6 Å². The Labute approximate surface area is 146 Å². The van der Waals surface area contributed by atoms with Crippen LogP contribution in [0.15, 0.2) is 17.3 Å². The van der Waals surface area contributed by atoms with E-state index >= 15 is 0 Å². The third-order valence-corrected chi connectivity index (χ3v) is 4.06. The van der Waals surface area contributed by atoms with Gasteiger partial charge in [0.1, 0.15) is 6.54 Å². The summed E-state index contributed by atoms with van der Waals surface area (Å²) < 4.78 is 45.4. The van der Waals surface area contributed by atoms with E-state index in [1.807, 2.05) is 0 Å². The van der Waals surface area contributed by atoms with Crippen LogP contribution in [-0.2, 0) is 17.5 Å². The van der Waals surface area contributed by atoms with E-state index in [9.17, 15) is 13.2 Å². The van der Waals surface area contributed by atoms with Gasteiger partial charge in [0, 0.05) is 19.3 Å². The molecule has 0 bridgehead atoms. The fourth-order valence-electron chi connectivity index (χ4n) is 2.50. The zero-order valence-electron chi connectivity index (χ0n) is 13.1. The summed E-state index contributed by atoms with van der Waals surface area (Å²) in [5.74, 6) is 0.357. The number of nitrogens with zero attached hydrogens (tertiary/aromatic N) is 4. The van der Waals surface area contributed by atoms with Crippen LogP contribution in [0.2, 0.25) is 5.02 Å². The number of pyridine rings is 1. The third kappa shape index (κ3) is 4.13. The number of ether oxygens (including phenoxy) is 1. The van der Waals surface area contributed by atoms with Gasteiger partial charge < -0.3 is 15.8 Å². The summed E-state index contributed by atoms with van der Waals surface area (Å²) in [6.07, 6.45) is -1.58. The first-order valence-corrected chi connectivity index (χ1v) is 7.98. The lowest BCUT2D eigenvalue weighted by Crippen LogP contribution is -2.37. The van der Waals surface area contributed by atoms with Crippen LogP contribution in [0.3, 0.4) is 0 Å². The van der Waals surface area contributed by atoms with E-state index in [0.29, 0.717) is 6.54 Å². The van der Waals surface area contributed by atoms with Crippen LogP contribution in [-0.4, -0.2) is 39.8 Å². The molecule has 2 aromatic rings. The van der Waals surface area contributed by atoms with Gasteiger partial charge in [-0.15, -0.1) is 10.2 Å². The zero-order valence-corrected chi connectivity index (χ0v) is 13.8. The fourth-order valence-corrected chi connectivity index (χ4v) is 2.74. The van der Waals surface area contributed by atoms with E-state index in [1.165, 1.54) is 4.40 Å². The lowest BCUT2D eigenvalue weighted by molar-refractivity contribution is -0.137. The van der Waals surface area contributed by atoms with Crippen molar-refractivity contribution in [1.29, 1.82) is 0 Å². The molecule has 0 aromatic carbocycles. The first-order chi connectivity index (χ1) is 11.8. The smallest absolute Gasteiger partial charge is 0.376 e. The predicted molar refractivity (Wildman–Crippen MR) is 85.3 cm³/mol. The first kappa shape index (κ1) is 17.7. The van der Waals surface area contributed by atoms with Crippen LogP contribution >= 0.6 is 11.6 Å². The SMILES string of the molecule is NC(=NCc1nnc2c(Cl)cc(C(F)(F)F)cn12)NCC1CCCO1. The predicted octanol–water partition coefficient (Wildman–Crippen LogP) is 1.98. The minimum atomic E-state index is -4.52. The molecule has 1 saturated heterocycles. The highest BCUT2D eigenvalue weighted by Gasteiger charge is 2.32. The van der Waals surface area contributed by atoms with Gasteiger partial charge in [0.2, 0.25) is 0 Å². The number of fused-ring (bicyclic) bond motifs is 1. The highest BCUT2D eigenvalue weighted by molar-refractivity contribution is 6.33. The second kappa shape index (κ2) is 7.04. The number of nitrogens with two attached hydrogens (primary N) is 1. The summed E-state index contributed by atoms with van der Waals surface area (Å²) in [7, 11) is 0. The van der Waals surface area contributed by atoms with Crippen LogP contribution in [0.25, 0.3) is 5.65 Å². The molecule has 1 unspecified atom stereocenters. The Bertz CT molecular complexity index is 785. The summed E-state index contributed by atoms with van der Waals surface area (Å²) in [5.41, 5.74) is 5.00. The number of aromatic nitrogens is 3. The average Bonchev–Trinajstić information content (AvgIpc) is 3.19. The summed E-state index contributed by atoms with van der Waals surface area (Å²) in [4.78, 5) is 4.08. The summed E-state index contributed by atoms with van der Waals surface area (Å²) in [6.45, 7) is 1.22. The van der Waals surface area contributed by atoms with Crippen molar-refractivity contribution in [2.75, 3.05) is 13.2 Å². The number of halogens is 4. The van der Waals surface area contributed by atoms with E-state index in [2.05, 4.69) is 20.5 Å². The Morgan fingerprint density at radius 1 is 1.48 bits per heavy atom. The van der Waals surface area contributed by atoms with E-state index in [-0.39, 0.29) is 35.1 Å². The molecular formula is C14H16ClF3N6O. The molecule has 7 nitrogen and oxygen atoms in total. The molecule has 1 aliphatic rings. The quantitative estimate of drug-likeness (QED) is 0.629. The molecule has 1 aliphatic heterocycles. The number of guanidine groups is 1. The van der Waals surface area contributed by atoms with Crippen molar-refractivity contribution < 1.29 is 17.9 Å². The van der Waals surface area contributed by atoms with Gasteiger partial charge >= 0.3 is 6.18 Å². The Hall–Kier alpha value is -2.07. The summed E-state index contributed by atoms with van der Waals surface area (Å²) in [6, 6.07) is 0.816. The highest BCUT2D eigenvalue weighted by Crippen LogP contribution is 2.32.